The predicted molar refractivity (Wildman–Crippen MR) is 96.2 cm³/mol. The third kappa shape index (κ3) is 3.91. The fourth-order valence-corrected chi connectivity index (χ4v) is 4.51. The van der Waals surface area contributed by atoms with Gasteiger partial charge in [0.1, 0.15) is 0 Å². The van der Waals surface area contributed by atoms with E-state index in [0.717, 1.165) is 45.3 Å². The maximum Gasteiger partial charge on any atom is 0.185 e. The van der Waals surface area contributed by atoms with E-state index >= 15 is 0 Å². The number of piperazine rings is 1. The maximum atomic E-state index is 4.83. The molecule has 7 heteroatoms. The monoisotopic (exact) mass is 349 g/mol. The molecule has 5 nitrogen and oxygen atoms in total. The Morgan fingerprint density at radius 3 is 2.52 bits per heavy atom. The lowest BCUT2D eigenvalue weighted by atomic mass is 10.3. The van der Waals surface area contributed by atoms with Gasteiger partial charge in [-0.1, -0.05) is 0 Å². The van der Waals surface area contributed by atoms with Crippen LogP contribution in [-0.4, -0.2) is 59.0 Å². The molecule has 0 aromatic carbocycles. The second-order valence-corrected chi connectivity index (χ2v) is 8.29. The van der Waals surface area contributed by atoms with Crippen LogP contribution in [0.4, 0.5) is 5.13 Å². The minimum Gasteiger partial charge on any atom is -0.348 e. The molecule has 0 N–H and O–H groups in total. The number of hydrogen-bond acceptors (Lipinski definition) is 7. The molecule has 1 aliphatic heterocycles. The van der Waals surface area contributed by atoms with Crippen LogP contribution in [0.3, 0.4) is 0 Å². The van der Waals surface area contributed by atoms with E-state index in [2.05, 4.69) is 32.1 Å². The van der Waals surface area contributed by atoms with Crippen LogP contribution < -0.4 is 4.90 Å². The van der Waals surface area contributed by atoms with Crippen molar-refractivity contribution in [1.82, 2.24) is 19.8 Å². The van der Waals surface area contributed by atoms with Crippen molar-refractivity contribution in [3.05, 3.63) is 27.7 Å². The molecule has 0 spiro atoms. The van der Waals surface area contributed by atoms with Crippen molar-refractivity contribution in [2.24, 2.45) is 0 Å². The average Bonchev–Trinajstić information content (AvgIpc) is 3.09. The molecule has 0 amide bonds. The average molecular weight is 350 g/mol. The smallest absolute Gasteiger partial charge is 0.185 e. The second kappa shape index (κ2) is 6.84. The van der Waals surface area contributed by atoms with Gasteiger partial charge in [-0.25, -0.2) is 4.98 Å². The van der Waals surface area contributed by atoms with Gasteiger partial charge in [0.05, 0.1) is 11.2 Å². The molecule has 0 unspecified atom stereocenters. The maximum absolute atomic E-state index is 4.83. The van der Waals surface area contributed by atoms with Crippen LogP contribution in [0.2, 0.25) is 0 Å². The quantitative estimate of drug-likeness (QED) is 0.801. The fourth-order valence-electron chi connectivity index (χ4n) is 3.02. The molecule has 124 valence electrons. The Kier molecular flexibility index (Phi) is 4.61. The van der Waals surface area contributed by atoms with Crippen LogP contribution in [-0.2, 0) is 13.1 Å². The van der Waals surface area contributed by atoms with E-state index < -0.39 is 0 Å². The van der Waals surface area contributed by atoms with Gasteiger partial charge in [0.2, 0.25) is 0 Å². The Bertz CT molecular complexity index is 614. The first kappa shape index (κ1) is 15.5. The van der Waals surface area contributed by atoms with Crippen LogP contribution in [0.15, 0.2) is 17.1 Å². The van der Waals surface area contributed by atoms with Crippen molar-refractivity contribution in [1.29, 1.82) is 0 Å². The lowest BCUT2D eigenvalue weighted by molar-refractivity contribution is 0.122. The number of rotatable bonds is 6. The summed E-state index contributed by atoms with van der Waals surface area (Å²) in [5.41, 5.74) is 3.15. The summed E-state index contributed by atoms with van der Waals surface area (Å²) < 4.78 is 0. The molecule has 2 aromatic heterocycles. The summed E-state index contributed by atoms with van der Waals surface area (Å²) in [6.07, 6.45) is 4.64. The van der Waals surface area contributed by atoms with Gasteiger partial charge in [0, 0.05) is 68.8 Å². The molecule has 23 heavy (non-hydrogen) atoms. The van der Waals surface area contributed by atoms with Gasteiger partial charge in [0.25, 0.3) is 0 Å². The fraction of sp³-hybridized carbons (Fsp3) is 0.625. The van der Waals surface area contributed by atoms with Gasteiger partial charge in [-0.3, -0.25) is 14.8 Å². The third-order valence-electron chi connectivity index (χ3n) is 4.65. The van der Waals surface area contributed by atoms with Crippen molar-refractivity contribution in [3.63, 3.8) is 0 Å². The normalized spacial score (nSPS) is 20.0. The second-order valence-electron chi connectivity index (χ2n) is 6.48. The van der Waals surface area contributed by atoms with Gasteiger partial charge in [-0.15, -0.1) is 22.7 Å². The minimum atomic E-state index is 0.740. The van der Waals surface area contributed by atoms with E-state index in [9.17, 15) is 0 Å². The molecule has 0 atom stereocenters. The number of anilines is 1. The molecular formula is C16H23N5S2. The first-order valence-corrected chi connectivity index (χ1v) is 10.0. The summed E-state index contributed by atoms with van der Waals surface area (Å²) in [6, 6.07) is 0.740. The number of nitrogens with zero attached hydrogens (tertiary/aromatic N) is 5. The van der Waals surface area contributed by atoms with Crippen molar-refractivity contribution < 1.29 is 0 Å². The summed E-state index contributed by atoms with van der Waals surface area (Å²) in [4.78, 5) is 17.8. The molecule has 2 fully saturated rings. The molecule has 0 radical (unpaired) electrons. The highest BCUT2D eigenvalue weighted by Gasteiger charge is 2.28. The van der Waals surface area contributed by atoms with Gasteiger partial charge in [-0.2, -0.15) is 0 Å². The Labute approximate surface area is 145 Å². The van der Waals surface area contributed by atoms with E-state index in [1.165, 1.54) is 28.5 Å². The van der Waals surface area contributed by atoms with Crippen LogP contribution in [0.1, 0.15) is 23.4 Å². The number of thiazole rings is 2. The molecular weight excluding hydrogens is 326 g/mol. The lowest BCUT2D eigenvalue weighted by Gasteiger charge is -2.34. The number of aromatic nitrogens is 2. The zero-order valence-corrected chi connectivity index (χ0v) is 15.2. The minimum absolute atomic E-state index is 0.740. The highest BCUT2D eigenvalue weighted by atomic mass is 32.1. The SMILES string of the molecule is CN(c1nc(CN2CCN(Cc3cncs3)CC2)cs1)C1CC1. The first-order chi connectivity index (χ1) is 11.3. The van der Waals surface area contributed by atoms with Gasteiger partial charge in [0.15, 0.2) is 5.13 Å². The van der Waals surface area contributed by atoms with Gasteiger partial charge in [-0.05, 0) is 12.8 Å². The van der Waals surface area contributed by atoms with Crippen molar-refractivity contribution in [3.8, 4) is 0 Å². The molecule has 1 saturated carbocycles. The first-order valence-electron chi connectivity index (χ1n) is 8.27. The van der Waals surface area contributed by atoms with Crippen LogP contribution in [0.25, 0.3) is 0 Å². The van der Waals surface area contributed by atoms with Crippen LogP contribution in [0, 0.1) is 0 Å². The van der Waals surface area contributed by atoms with Crippen molar-refractivity contribution in [2.75, 3.05) is 38.1 Å². The predicted octanol–water partition coefficient (Wildman–Crippen LogP) is 2.52. The lowest BCUT2D eigenvalue weighted by Crippen LogP contribution is -2.45. The van der Waals surface area contributed by atoms with Gasteiger partial charge >= 0.3 is 0 Å². The summed E-state index contributed by atoms with van der Waals surface area (Å²) in [6.45, 7) is 6.57. The van der Waals surface area contributed by atoms with Crippen molar-refractivity contribution in [2.45, 2.75) is 32.0 Å². The Balaban J connectivity index is 1.26. The molecule has 3 heterocycles. The van der Waals surface area contributed by atoms with Crippen molar-refractivity contribution >= 4 is 27.8 Å². The van der Waals surface area contributed by atoms with E-state index in [1.807, 2.05) is 11.7 Å². The van der Waals surface area contributed by atoms with Crippen LogP contribution >= 0.6 is 22.7 Å². The number of hydrogen-bond donors (Lipinski definition) is 0. The Hall–Kier alpha value is -1.02. The topological polar surface area (TPSA) is 35.5 Å². The van der Waals surface area contributed by atoms with Gasteiger partial charge < -0.3 is 4.90 Å². The van der Waals surface area contributed by atoms with E-state index in [0.29, 0.717) is 0 Å². The Morgan fingerprint density at radius 2 is 1.87 bits per heavy atom. The zero-order chi connectivity index (χ0) is 15.6. The summed E-state index contributed by atoms with van der Waals surface area (Å²) in [5, 5.41) is 3.42. The summed E-state index contributed by atoms with van der Waals surface area (Å²) in [5.74, 6) is 0. The zero-order valence-electron chi connectivity index (χ0n) is 13.5. The molecule has 0 bridgehead atoms. The Morgan fingerprint density at radius 1 is 1.13 bits per heavy atom. The van der Waals surface area contributed by atoms with E-state index in [4.69, 9.17) is 4.98 Å². The highest BCUT2D eigenvalue weighted by molar-refractivity contribution is 7.13. The molecule has 1 saturated heterocycles. The van der Waals surface area contributed by atoms with E-state index in [-0.39, 0.29) is 0 Å². The highest BCUT2D eigenvalue weighted by Crippen LogP contribution is 2.32. The largest absolute Gasteiger partial charge is 0.348 e. The third-order valence-corrected chi connectivity index (χ3v) is 6.39. The molecule has 2 aliphatic rings. The summed E-state index contributed by atoms with van der Waals surface area (Å²) in [7, 11) is 2.18. The molecule has 4 rings (SSSR count). The summed E-state index contributed by atoms with van der Waals surface area (Å²) >= 11 is 3.54. The van der Waals surface area contributed by atoms with Crippen LogP contribution in [0.5, 0.6) is 0 Å². The molecule has 2 aromatic rings. The van der Waals surface area contributed by atoms with E-state index in [1.54, 1.807) is 22.7 Å². The molecule has 1 aliphatic carbocycles. The standard InChI is InChI=1S/C16H23N5S2/c1-19(14-2-3-14)16-18-13(11-22-16)9-20-4-6-21(7-5-20)10-15-8-17-12-23-15/h8,11-12,14H,2-7,9-10H2,1H3.